The molecule has 4 aromatic heterocycles. The molecule has 34 heavy (non-hydrogen) atoms. The molecule has 4 rings (SSSR count). The molecule has 4 heterocycles. The minimum Gasteiger partial charge on any atom is -0.261 e. The smallest absolute Gasteiger partial charge is 0.0449 e. The van der Waals surface area contributed by atoms with Gasteiger partial charge in [0.15, 0.2) is 0 Å². The van der Waals surface area contributed by atoms with Crippen LogP contribution in [-0.2, 0) is 12.8 Å². The van der Waals surface area contributed by atoms with E-state index in [1.165, 1.54) is 93.4 Å². The third-order valence-electron chi connectivity index (χ3n) is 6.25. The number of hydrogen-bond acceptors (Lipinski definition) is 4. The molecule has 0 aliphatic rings. The molecule has 0 aliphatic carbocycles. The molecule has 2 nitrogen and oxygen atoms in total. The van der Waals surface area contributed by atoms with Gasteiger partial charge in [0, 0.05) is 54.4 Å². The molecule has 0 bridgehead atoms. The molecule has 0 aromatic carbocycles. The normalized spacial score (nSPS) is 11.2. The van der Waals surface area contributed by atoms with Crippen molar-refractivity contribution < 1.29 is 0 Å². The van der Waals surface area contributed by atoms with Crippen LogP contribution in [0.4, 0.5) is 0 Å². The van der Waals surface area contributed by atoms with Gasteiger partial charge in [-0.1, -0.05) is 64.5 Å². The van der Waals surface area contributed by atoms with Crippen LogP contribution in [0.2, 0.25) is 0 Å². The van der Waals surface area contributed by atoms with Gasteiger partial charge in [-0.05, 0) is 62.1 Å². The standard InChI is InChI=1S/C30H36N2S2/c1-3-5-7-9-11-25-15-13-23(21-31-25)27-17-19-29(33-27)30-20-18-28(34-30)24-14-16-26(32-22-24)12-10-8-6-4-2/h13-22H,3-12H2,1-2H3. The van der Waals surface area contributed by atoms with Gasteiger partial charge in [-0.25, -0.2) is 0 Å². The fourth-order valence-corrected chi connectivity index (χ4v) is 6.24. The average Bonchev–Trinajstić information content (AvgIpc) is 3.56. The molecule has 0 radical (unpaired) electrons. The van der Waals surface area contributed by atoms with Gasteiger partial charge < -0.3 is 0 Å². The molecule has 0 atom stereocenters. The number of rotatable bonds is 13. The van der Waals surface area contributed by atoms with E-state index in [0.717, 1.165) is 12.8 Å². The fraction of sp³-hybridized carbons (Fsp3) is 0.400. The summed E-state index contributed by atoms with van der Waals surface area (Å²) in [4.78, 5) is 14.6. The molecule has 0 fully saturated rings. The van der Waals surface area contributed by atoms with E-state index < -0.39 is 0 Å². The Morgan fingerprint density at radius 1 is 0.500 bits per heavy atom. The van der Waals surface area contributed by atoms with Gasteiger partial charge in [-0.3, -0.25) is 9.97 Å². The van der Waals surface area contributed by atoms with E-state index in [4.69, 9.17) is 9.97 Å². The lowest BCUT2D eigenvalue weighted by molar-refractivity contribution is 0.661. The van der Waals surface area contributed by atoms with Crippen LogP contribution in [0.1, 0.15) is 76.6 Å². The van der Waals surface area contributed by atoms with Crippen molar-refractivity contribution in [3.05, 3.63) is 72.3 Å². The Morgan fingerprint density at radius 2 is 0.941 bits per heavy atom. The molecule has 4 heteroatoms. The Labute approximate surface area is 213 Å². The third kappa shape index (κ3) is 6.86. The van der Waals surface area contributed by atoms with Crippen molar-refractivity contribution in [2.75, 3.05) is 0 Å². The van der Waals surface area contributed by atoms with E-state index in [1.54, 1.807) is 0 Å². The quantitative estimate of drug-likeness (QED) is 0.175. The van der Waals surface area contributed by atoms with E-state index in [-0.39, 0.29) is 0 Å². The zero-order chi connectivity index (χ0) is 23.6. The predicted octanol–water partition coefficient (Wildman–Crippen LogP) is 9.85. The van der Waals surface area contributed by atoms with Crippen LogP contribution in [0.25, 0.3) is 30.6 Å². The van der Waals surface area contributed by atoms with Crippen LogP contribution in [0.15, 0.2) is 60.9 Å². The van der Waals surface area contributed by atoms with Crippen molar-refractivity contribution in [2.24, 2.45) is 0 Å². The predicted molar refractivity (Wildman–Crippen MR) is 150 cm³/mol. The lowest BCUT2D eigenvalue weighted by Crippen LogP contribution is -1.90. The Kier molecular flexibility index (Phi) is 9.46. The highest BCUT2D eigenvalue weighted by atomic mass is 32.1. The summed E-state index contributed by atoms with van der Waals surface area (Å²) in [6.45, 7) is 4.51. The van der Waals surface area contributed by atoms with Crippen molar-refractivity contribution in [3.63, 3.8) is 0 Å². The maximum absolute atomic E-state index is 4.72. The Balaban J connectivity index is 1.37. The van der Waals surface area contributed by atoms with E-state index in [2.05, 4.69) is 62.4 Å². The van der Waals surface area contributed by atoms with E-state index in [9.17, 15) is 0 Å². The summed E-state index contributed by atoms with van der Waals surface area (Å²) in [7, 11) is 0. The minimum absolute atomic E-state index is 1.09. The molecular formula is C30H36N2S2. The molecule has 178 valence electrons. The molecule has 4 aromatic rings. The highest BCUT2D eigenvalue weighted by Gasteiger charge is 2.10. The molecule has 0 N–H and O–H groups in total. The second-order valence-corrected chi connectivity index (χ2v) is 11.2. The molecule has 0 unspecified atom stereocenters. The lowest BCUT2D eigenvalue weighted by atomic mass is 10.1. The van der Waals surface area contributed by atoms with Gasteiger partial charge in [0.25, 0.3) is 0 Å². The monoisotopic (exact) mass is 488 g/mol. The number of aryl methyl sites for hydroxylation is 2. The molecule has 0 saturated heterocycles. The zero-order valence-corrected chi connectivity index (χ0v) is 22.2. The third-order valence-corrected chi connectivity index (χ3v) is 8.71. The summed E-state index contributed by atoms with van der Waals surface area (Å²) in [6.07, 6.45) is 16.5. The lowest BCUT2D eigenvalue weighted by Gasteiger charge is -2.02. The summed E-state index contributed by atoms with van der Waals surface area (Å²) in [5.41, 5.74) is 4.84. The Morgan fingerprint density at radius 3 is 1.32 bits per heavy atom. The highest BCUT2D eigenvalue weighted by molar-refractivity contribution is 7.25. The Bertz CT molecular complexity index is 1030. The molecule has 0 amide bonds. The van der Waals surface area contributed by atoms with Crippen LogP contribution in [0.3, 0.4) is 0 Å². The van der Waals surface area contributed by atoms with Crippen LogP contribution in [-0.4, -0.2) is 9.97 Å². The second kappa shape index (κ2) is 13.0. The zero-order valence-electron chi connectivity index (χ0n) is 20.6. The van der Waals surface area contributed by atoms with Gasteiger partial charge in [-0.2, -0.15) is 0 Å². The number of thiophene rings is 2. The van der Waals surface area contributed by atoms with Crippen molar-refractivity contribution in [3.8, 4) is 30.6 Å². The summed E-state index contributed by atoms with van der Waals surface area (Å²) in [5.74, 6) is 0. The van der Waals surface area contributed by atoms with Crippen molar-refractivity contribution >= 4 is 22.7 Å². The highest BCUT2D eigenvalue weighted by Crippen LogP contribution is 2.40. The number of nitrogens with zero attached hydrogens (tertiary/aromatic N) is 2. The van der Waals surface area contributed by atoms with Gasteiger partial charge >= 0.3 is 0 Å². The maximum atomic E-state index is 4.72. The first-order valence-corrected chi connectivity index (χ1v) is 14.5. The van der Waals surface area contributed by atoms with Gasteiger partial charge in [-0.15, -0.1) is 22.7 Å². The fourth-order valence-electron chi connectivity index (χ4n) is 4.15. The largest absolute Gasteiger partial charge is 0.261 e. The number of unbranched alkanes of at least 4 members (excludes halogenated alkanes) is 6. The number of aromatic nitrogens is 2. The summed E-state index contributed by atoms with van der Waals surface area (Å²) in [5, 5.41) is 0. The van der Waals surface area contributed by atoms with Crippen LogP contribution < -0.4 is 0 Å². The van der Waals surface area contributed by atoms with E-state index in [0.29, 0.717) is 0 Å². The van der Waals surface area contributed by atoms with Gasteiger partial charge in [0.05, 0.1) is 0 Å². The molecule has 0 saturated carbocycles. The first-order valence-electron chi connectivity index (χ1n) is 12.9. The second-order valence-electron chi connectivity index (χ2n) is 9.03. The van der Waals surface area contributed by atoms with E-state index >= 15 is 0 Å². The summed E-state index contributed by atoms with van der Waals surface area (Å²) < 4.78 is 0. The van der Waals surface area contributed by atoms with Gasteiger partial charge in [0.2, 0.25) is 0 Å². The SMILES string of the molecule is CCCCCCc1ccc(-c2ccc(-c3ccc(-c4ccc(CCCCCC)nc4)s3)s2)cn1. The van der Waals surface area contributed by atoms with Crippen LogP contribution in [0.5, 0.6) is 0 Å². The number of hydrogen-bond donors (Lipinski definition) is 0. The molecule has 0 spiro atoms. The van der Waals surface area contributed by atoms with Crippen LogP contribution >= 0.6 is 22.7 Å². The molecular weight excluding hydrogens is 452 g/mol. The van der Waals surface area contributed by atoms with E-state index in [1.807, 2.05) is 35.1 Å². The maximum Gasteiger partial charge on any atom is 0.0449 e. The Hall–Kier alpha value is -2.30. The van der Waals surface area contributed by atoms with Crippen molar-refractivity contribution in [2.45, 2.75) is 78.1 Å². The minimum atomic E-state index is 1.09. The van der Waals surface area contributed by atoms with Gasteiger partial charge in [0.1, 0.15) is 0 Å². The first-order chi connectivity index (χ1) is 16.8. The topological polar surface area (TPSA) is 25.8 Å². The van der Waals surface area contributed by atoms with Crippen molar-refractivity contribution in [1.82, 2.24) is 9.97 Å². The summed E-state index contributed by atoms with van der Waals surface area (Å²) in [6, 6.07) is 17.8. The van der Waals surface area contributed by atoms with Crippen molar-refractivity contribution in [1.29, 1.82) is 0 Å². The average molecular weight is 489 g/mol. The summed E-state index contributed by atoms with van der Waals surface area (Å²) >= 11 is 3.70. The van der Waals surface area contributed by atoms with Crippen LogP contribution in [0, 0.1) is 0 Å². The number of pyridine rings is 2. The first kappa shape index (κ1) is 24.8. The molecule has 0 aliphatic heterocycles.